The minimum atomic E-state index is -0.142. The molecule has 1 aliphatic heterocycles. The number of hydrazine groups is 2. The summed E-state index contributed by atoms with van der Waals surface area (Å²) in [4.78, 5) is 6.20. The molecule has 2 aromatic rings. The Morgan fingerprint density at radius 1 is 1.23 bits per heavy atom. The maximum Gasteiger partial charge on any atom is 0.165 e. The molecule has 1 aromatic carbocycles. The monoisotopic (exact) mass is 315 g/mol. The Morgan fingerprint density at radius 3 is 2.77 bits per heavy atom. The average Bonchev–Trinajstić information content (AvgIpc) is 3.11. The summed E-state index contributed by atoms with van der Waals surface area (Å²) < 4.78 is 1.32. The first-order valence-electron chi connectivity index (χ1n) is 8.22. The van der Waals surface area contributed by atoms with Gasteiger partial charge in [-0.3, -0.25) is 4.84 Å². The molecule has 1 atom stereocenters. The number of fused-ring (bicyclic) bond motifs is 3. The van der Waals surface area contributed by atoms with Gasteiger partial charge in [0.1, 0.15) is 5.00 Å². The van der Waals surface area contributed by atoms with Gasteiger partial charge in [0.05, 0.1) is 0 Å². The molecule has 0 radical (unpaired) electrons. The molecule has 5 heteroatoms. The molecule has 6 rings (SSSR count). The van der Waals surface area contributed by atoms with Crippen LogP contribution in [0.15, 0.2) is 30.3 Å². The smallest absolute Gasteiger partial charge is 0.165 e. The van der Waals surface area contributed by atoms with E-state index < -0.39 is 0 Å². The van der Waals surface area contributed by atoms with E-state index in [2.05, 4.69) is 53.1 Å². The lowest BCUT2D eigenvalue weighted by atomic mass is 9.65. The van der Waals surface area contributed by atoms with E-state index in [9.17, 15) is 0 Å². The Balaban J connectivity index is 1.50. The van der Waals surface area contributed by atoms with Crippen LogP contribution in [0.25, 0.3) is 10.1 Å². The van der Waals surface area contributed by atoms with Gasteiger partial charge in [-0.1, -0.05) is 23.8 Å². The normalized spacial score (nSPS) is 35.0. The van der Waals surface area contributed by atoms with Crippen LogP contribution in [0.1, 0.15) is 32.1 Å². The van der Waals surface area contributed by atoms with E-state index in [-0.39, 0.29) is 5.72 Å². The van der Waals surface area contributed by atoms with Crippen molar-refractivity contribution in [1.82, 2.24) is 10.6 Å². The second-order valence-electron chi connectivity index (χ2n) is 6.92. The summed E-state index contributed by atoms with van der Waals surface area (Å²) in [6.07, 6.45) is 6.52. The van der Waals surface area contributed by atoms with Gasteiger partial charge in [-0.05, 0) is 55.5 Å². The molecule has 4 aliphatic rings. The Labute approximate surface area is 134 Å². The van der Waals surface area contributed by atoms with E-state index in [1.807, 2.05) is 11.3 Å². The van der Waals surface area contributed by atoms with Gasteiger partial charge >= 0.3 is 0 Å². The van der Waals surface area contributed by atoms with E-state index in [1.54, 1.807) is 0 Å². The first-order chi connectivity index (χ1) is 10.8. The molecule has 1 aromatic heterocycles. The van der Waals surface area contributed by atoms with E-state index in [0.717, 1.165) is 12.3 Å². The van der Waals surface area contributed by atoms with Crippen LogP contribution in [0.5, 0.6) is 0 Å². The SMILES string of the molecule is CN1N(c2cc3ccccc3s2)NOC12CC1CCC2CC1. The van der Waals surface area contributed by atoms with Crippen LogP contribution in [0.3, 0.4) is 0 Å². The molecule has 3 saturated carbocycles. The molecule has 4 fully saturated rings. The zero-order valence-electron chi connectivity index (χ0n) is 12.8. The predicted octanol–water partition coefficient (Wildman–Crippen LogP) is 3.91. The molecule has 1 unspecified atom stereocenters. The highest BCUT2D eigenvalue weighted by molar-refractivity contribution is 7.22. The van der Waals surface area contributed by atoms with Gasteiger partial charge in [0, 0.05) is 17.7 Å². The highest BCUT2D eigenvalue weighted by Gasteiger charge is 2.56. The number of nitrogens with one attached hydrogen (secondary N) is 1. The van der Waals surface area contributed by atoms with Gasteiger partial charge in [-0.15, -0.1) is 11.3 Å². The average molecular weight is 315 g/mol. The summed E-state index contributed by atoms with van der Waals surface area (Å²) in [5, 5.41) is 6.91. The van der Waals surface area contributed by atoms with Gasteiger partial charge in [0.25, 0.3) is 0 Å². The van der Waals surface area contributed by atoms with Crippen molar-refractivity contribution in [3.8, 4) is 0 Å². The lowest BCUT2D eigenvalue weighted by Crippen LogP contribution is -2.58. The zero-order chi connectivity index (χ0) is 14.7. The van der Waals surface area contributed by atoms with Crippen LogP contribution in [0.4, 0.5) is 5.00 Å². The van der Waals surface area contributed by atoms with Crippen molar-refractivity contribution in [2.45, 2.75) is 37.8 Å². The van der Waals surface area contributed by atoms with Crippen molar-refractivity contribution in [2.75, 3.05) is 12.2 Å². The molecular weight excluding hydrogens is 294 g/mol. The number of benzene rings is 1. The lowest BCUT2D eigenvalue weighted by Gasteiger charge is -2.50. The number of thiophene rings is 1. The van der Waals surface area contributed by atoms with Crippen LogP contribution < -0.4 is 10.7 Å². The van der Waals surface area contributed by atoms with Crippen molar-refractivity contribution < 1.29 is 4.84 Å². The molecule has 1 saturated heterocycles. The minimum Gasteiger partial charge on any atom is -0.256 e. The minimum absolute atomic E-state index is 0.142. The second-order valence-corrected chi connectivity index (χ2v) is 7.98. The second kappa shape index (κ2) is 4.68. The summed E-state index contributed by atoms with van der Waals surface area (Å²) in [7, 11) is 2.17. The third-order valence-corrected chi connectivity index (χ3v) is 6.94. The number of rotatable bonds is 1. The lowest BCUT2D eigenvalue weighted by molar-refractivity contribution is -0.193. The van der Waals surface area contributed by atoms with Crippen LogP contribution in [-0.2, 0) is 4.84 Å². The molecule has 22 heavy (non-hydrogen) atoms. The van der Waals surface area contributed by atoms with Gasteiger partial charge < -0.3 is 0 Å². The zero-order valence-corrected chi connectivity index (χ0v) is 13.6. The maximum atomic E-state index is 6.20. The molecule has 4 nitrogen and oxygen atoms in total. The Hall–Kier alpha value is -1.14. The summed E-state index contributed by atoms with van der Waals surface area (Å²) in [6.45, 7) is 0. The van der Waals surface area contributed by atoms with Gasteiger partial charge in [0.2, 0.25) is 0 Å². The Morgan fingerprint density at radius 2 is 2.05 bits per heavy atom. The molecular formula is C17H21N3OS. The number of hydrogen-bond acceptors (Lipinski definition) is 5. The van der Waals surface area contributed by atoms with Crippen LogP contribution in [-0.4, -0.2) is 17.8 Å². The van der Waals surface area contributed by atoms with Crippen LogP contribution in [0, 0.1) is 11.8 Å². The van der Waals surface area contributed by atoms with E-state index in [0.29, 0.717) is 5.92 Å². The van der Waals surface area contributed by atoms with E-state index in [4.69, 9.17) is 4.84 Å². The maximum absolute atomic E-state index is 6.20. The fraction of sp³-hybridized carbons (Fsp3) is 0.529. The Bertz CT molecular complexity index is 676. The van der Waals surface area contributed by atoms with Gasteiger partial charge in [-0.25, -0.2) is 5.12 Å². The third-order valence-electron chi connectivity index (χ3n) is 5.84. The molecule has 2 heterocycles. The first kappa shape index (κ1) is 13.3. The fourth-order valence-electron chi connectivity index (χ4n) is 4.60. The highest BCUT2D eigenvalue weighted by Crippen LogP contribution is 2.52. The summed E-state index contributed by atoms with van der Waals surface area (Å²) in [6, 6.07) is 10.8. The van der Waals surface area contributed by atoms with Crippen molar-refractivity contribution in [3.05, 3.63) is 30.3 Å². The van der Waals surface area contributed by atoms with E-state index in [1.165, 1.54) is 40.8 Å². The molecule has 1 N–H and O–H groups in total. The largest absolute Gasteiger partial charge is 0.256 e. The number of nitrogens with zero attached hydrogens (tertiary/aromatic N) is 2. The predicted molar refractivity (Wildman–Crippen MR) is 89.1 cm³/mol. The van der Waals surface area contributed by atoms with Gasteiger partial charge in [-0.2, -0.15) is 5.01 Å². The molecule has 1 spiro atoms. The Kier molecular flexibility index (Phi) is 2.83. The van der Waals surface area contributed by atoms with Crippen LogP contribution in [0.2, 0.25) is 0 Å². The van der Waals surface area contributed by atoms with Crippen molar-refractivity contribution >= 4 is 26.4 Å². The third kappa shape index (κ3) is 1.74. The van der Waals surface area contributed by atoms with Crippen molar-refractivity contribution in [3.63, 3.8) is 0 Å². The molecule has 3 aliphatic carbocycles. The van der Waals surface area contributed by atoms with Crippen LogP contribution >= 0.6 is 11.3 Å². The summed E-state index contributed by atoms with van der Waals surface area (Å²) in [5.41, 5.74) is 3.06. The van der Waals surface area contributed by atoms with Crippen molar-refractivity contribution in [1.29, 1.82) is 0 Å². The highest BCUT2D eigenvalue weighted by atomic mass is 32.1. The number of hydrogen-bond donors (Lipinski definition) is 1. The molecule has 0 amide bonds. The van der Waals surface area contributed by atoms with Crippen molar-refractivity contribution in [2.24, 2.45) is 11.8 Å². The first-order valence-corrected chi connectivity index (χ1v) is 9.04. The summed E-state index contributed by atoms with van der Waals surface area (Å²) >= 11 is 1.81. The summed E-state index contributed by atoms with van der Waals surface area (Å²) in [5.74, 6) is 1.48. The molecule has 116 valence electrons. The number of anilines is 1. The molecule has 2 bridgehead atoms. The standard InChI is InChI=1S/C17H21N3OS/c1-19-17(11-12-6-8-14(17)9-7-12)21-18-20(19)16-10-13-4-2-3-5-15(13)22-16/h2-5,10,12,14,18H,6-9,11H2,1H3. The van der Waals surface area contributed by atoms with E-state index >= 15 is 0 Å². The quantitative estimate of drug-likeness (QED) is 0.863. The van der Waals surface area contributed by atoms with Gasteiger partial charge in [0.15, 0.2) is 5.72 Å². The fourth-order valence-corrected chi connectivity index (χ4v) is 5.65. The topological polar surface area (TPSA) is 27.7 Å².